The molecule has 1 fully saturated rings. The number of nitrogens with one attached hydrogen (secondary N) is 2. The predicted molar refractivity (Wildman–Crippen MR) is 167 cm³/mol. The Balaban J connectivity index is 1.34. The number of hydrogen-bond donors (Lipinski definition) is 2. The number of aromatic amines is 1. The summed E-state index contributed by atoms with van der Waals surface area (Å²) >= 11 is 20.5. The minimum Gasteiger partial charge on any atom is -0.497 e. The van der Waals surface area contributed by atoms with Crippen LogP contribution in [0.15, 0.2) is 70.5 Å². The molecular weight excluding hydrogens is 657 g/mol. The number of aromatic nitrogens is 1. The maximum Gasteiger partial charge on any atom is 0.305 e. The first kappa shape index (κ1) is 29.6. The van der Waals surface area contributed by atoms with Gasteiger partial charge in [0.2, 0.25) is 11.8 Å². The normalized spacial score (nSPS) is 19.2. The van der Waals surface area contributed by atoms with Gasteiger partial charge in [0.25, 0.3) is 5.91 Å². The number of H-pyrrole nitrogens is 1. The summed E-state index contributed by atoms with van der Waals surface area (Å²) in [6, 6.07) is 16.1. The fourth-order valence-corrected chi connectivity index (χ4v) is 8.13. The number of ether oxygens (including phenoxy) is 2. The molecule has 3 aromatic carbocycles. The number of nitrogens with zero attached hydrogens (tertiary/aromatic N) is 1. The van der Waals surface area contributed by atoms with E-state index in [-0.39, 0.29) is 22.3 Å². The topological polar surface area (TPSA) is 118 Å². The Bertz CT molecular complexity index is 1830. The number of thiazole rings is 1. The number of methoxy groups -OCH3 is 1. The van der Waals surface area contributed by atoms with E-state index >= 15 is 0 Å². The molecule has 1 saturated heterocycles. The average molecular weight is 677 g/mol. The van der Waals surface area contributed by atoms with Crippen molar-refractivity contribution in [3.05, 3.63) is 95.8 Å². The molecule has 2 N–H and O–H groups in total. The SMILES string of the molecule is COc1ccc(N2C(=O)[C@H]3[C@H](c4cc(Cl)ccc4OCC(=O)Nc4ccc(Cl)c(Cl)c4)c4sc(=O)[nH]c4S[C@H]3C2=O)cc1. The zero-order chi connectivity index (χ0) is 30.4. The van der Waals surface area contributed by atoms with Crippen LogP contribution >= 0.6 is 57.9 Å². The summed E-state index contributed by atoms with van der Waals surface area (Å²) in [6.07, 6.45) is 0. The first-order valence-electron chi connectivity index (χ1n) is 12.7. The Morgan fingerprint density at radius 2 is 1.74 bits per heavy atom. The molecule has 9 nitrogen and oxygen atoms in total. The second-order valence-electron chi connectivity index (χ2n) is 9.61. The van der Waals surface area contributed by atoms with Crippen molar-refractivity contribution in [1.82, 2.24) is 4.98 Å². The summed E-state index contributed by atoms with van der Waals surface area (Å²) in [5.41, 5.74) is 1.31. The Kier molecular flexibility index (Phi) is 8.18. The van der Waals surface area contributed by atoms with Gasteiger partial charge in [-0.25, -0.2) is 4.90 Å². The number of anilines is 2. The number of thioether (sulfide) groups is 1. The molecule has 2 aliphatic heterocycles. The number of benzene rings is 3. The lowest BCUT2D eigenvalue weighted by Gasteiger charge is -2.31. The molecule has 0 aliphatic carbocycles. The highest BCUT2D eigenvalue weighted by Gasteiger charge is 2.56. The summed E-state index contributed by atoms with van der Waals surface area (Å²) in [6.45, 7) is -0.383. The third-order valence-corrected chi connectivity index (χ3v) is 10.4. The van der Waals surface area contributed by atoms with E-state index in [1.165, 1.54) is 18.1 Å². The van der Waals surface area contributed by atoms with Crippen molar-refractivity contribution in [2.45, 2.75) is 16.2 Å². The zero-order valence-corrected chi connectivity index (χ0v) is 26.0. The molecule has 2 aliphatic rings. The maximum absolute atomic E-state index is 14.0. The Morgan fingerprint density at radius 3 is 2.47 bits per heavy atom. The Morgan fingerprint density at radius 1 is 0.977 bits per heavy atom. The van der Waals surface area contributed by atoms with Gasteiger partial charge in [0.1, 0.15) is 16.7 Å². The van der Waals surface area contributed by atoms with Crippen molar-refractivity contribution >= 4 is 87.0 Å². The number of carbonyl (C=O) groups excluding carboxylic acids is 3. The highest BCUT2D eigenvalue weighted by molar-refractivity contribution is 8.00. The summed E-state index contributed by atoms with van der Waals surface area (Å²) in [5.74, 6) is -2.07. The molecule has 3 atom stereocenters. The third kappa shape index (κ3) is 5.63. The van der Waals surface area contributed by atoms with Crippen LogP contribution in [0.2, 0.25) is 15.1 Å². The summed E-state index contributed by atoms with van der Waals surface area (Å²) in [4.78, 5) is 57.2. The molecule has 14 heteroatoms. The number of carbonyl (C=O) groups is 3. The summed E-state index contributed by atoms with van der Waals surface area (Å²) < 4.78 is 11.2. The maximum atomic E-state index is 14.0. The monoisotopic (exact) mass is 675 g/mol. The molecule has 0 saturated carbocycles. The van der Waals surface area contributed by atoms with Crippen LogP contribution in [0.4, 0.5) is 11.4 Å². The van der Waals surface area contributed by atoms with Crippen molar-refractivity contribution in [2.75, 3.05) is 23.9 Å². The number of imide groups is 1. The molecule has 0 bridgehead atoms. The molecule has 220 valence electrons. The van der Waals surface area contributed by atoms with E-state index < -0.39 is 34.8 Å². The van der Waals surface area contributed by atoms with Crippen LogP contribution in [0.3, 0.4) is 0 Å². The number of rotatable bonds is 7. The van der Waals surface area contributed by atoms with Gasteiger partial charge in [-0.05, 0) is 60.7 Å². The standard InChI is InChI=1S/C29H20Cl3N3O6S2/c1-40-16-6-4-15(5-7-16)35-27(37)23-22(24-26(34-29(39)43-24)42-25(23)28(35)38)17-10-13(30)2-9-20(17)41-12-21(36)33-14-3-8-18(31)19(32)11-14/h2-11,22-23,25H,12H2,1H3,(H,33,36)(H,34,39)/t22-,23-,25+/m0/s1. The molecule has 43 heavy (non-hydrogen) atoms. The van der Waals surface area contributed by atoms with Crippen molar-refractivity contribution in [3.8, 4) is 11.5 Å². The molecule has 1 aromatic heterocycles. The lowest BCUT2D eigenvalue weighted by atomic mass is 9.82. The van der Waals surface area contributed by atoms with Gasteiger partial charge < -0.3 is 19.8 Å². The molecule has 3 heterocycles. The molecule has 0 spiro atoms. The van der Waals surface area contributed by atoms with E-state index in [2.05, 4.69) is 10.3 Å². The van der Waals surface area contributed by atoms with Gasteiger partial charge in [-0.15, -0.1) is 0 Å². The fourth-order valence-electron chi connectivity index (χ4n) is 5.15. The predicted octanol–water partition coefficient (Wildman–Crippen LogP) is 6.22. The van der Waals surface area contributed by atoms with Gasteiger partial charge in [-0.2, -0.15) is 0 Å². The van der Waals surface area contributed by atoms with Gasteiger partial charge in [0.15, 0.2) is 6.61 Å². The van der Waals surface area contributed by atoms with Crippen LogP contribution in [0, 0.1) is 5.92 Å². The largest absolute Gasteiger partial charge is 0.497 e. The van der Waals surface area contributed by atoms with Crippen LogP contribution in [-0.4, -0.2) is 41.7 Å². The van der Waals surface area contributed by atoms with Crippen LogP contribution < -0.4 is 24.6 Å². The zero-order valence-electron chi connectivity index (χ0n) is 22.1. The van der Waals surface area contributed by atoms with E-state index in [4.69, 9.17) is 44.3 Å². The number of amides is 3. The van der Waals surface area contributed by atoms with Crippen LogP contribution in [0.5, 0.6) is 11.5 Å². The quantitative estimate of drug-likeness (QED) is 0.223. The average Bonchev–Trinajstić information content (AvgIpc) is 3.48. The van der Waals surface area contributed by atoms with E-state index in [9.17, 15) is 19.2 Å². The summed E-state index contributed by atoms with van der Waals surface area (Å²) in [7, 11) is 1.53. The van der Waals surface area contributed by atoms with Crippen LogP contribution in [-0.2, 0) is 14.4 Å². The highest BCUT2D eigenvalue weighted by atomic mass is 35.5. The Labute approximate surface area is 268 Å². The van der Waals surface area contributed by atoms with E-state index in [1.807, 2.05) is 0 Å². The third-order valence-electron chi connectivity index (χ3n) is 7.02. The van der Waals surface area contributed by atoms with Gasteiger partial charge in [0.05, 0.1) is 33.8 Å². The lowest BCUT2D eigenvalue weighted by Crippen LogP contribution is -2.32. The van der Waals surface area contributed by atoms with Gasteiger partial charge >= 0.3 is 4.87 Å². The van der Waals surface area contributed by atoms with Gasteiger partial charge in [0, 0.05) is 27.1 Å². The van der Waals surface area contributed by atoms with Gasteiger partial charge in [-0.1, -0.05) is 57.9 Å². The van der Waals surface area contributed by atoms with Crippen molar-refractivity contribution in [3.63, 3.8) is 0 Å². The molecule has 0 unspecified atom stereocenters. The summed E-state index contributed by atoms with van der Waals surface area (Å²) in [5, 5.41) is 3.37. The van der Waals surface area contributed by atoms with Crippen molar-refractivity contribution < 1.29 is 23.9 Å². The second kappa shape index (κ2) is 11.9. The van der Waals surface area contributed by atoms with Crippen LogP contribution in [0.1, 0.15) is 16.4 Å². The minimum atomic E-state index is -0.871. The van der Waals surface area contributed by atoms with E-state index in [0.717, 1.165) is 23.1 Å². The number of halogens is 3. The molecular formula is C29H20Cl3N3O6S2. The molecule has 6 rings (SSSR count). The minimum absolute atomic E-state index is 0.277. The molecule has 4 aromatic rings. The second-order valence-corrected chi connectivity index (χ2v) is 13.0. The van der Waals surface area contributed by atoms with Crippen molar-refractivity contribution in [1.29, 1.82) is 0 Å². The van der Waals surface area contributed by atoms with Crippen molar-refractivity contribution in [2.24, 2.45) is 5.92 Å². The van der Waals surface area contributed by atoms with E-state index in [0.29, 0.717) is 42.6 Å². The lowest BCUT2D eigenvalue weighted by molar-refractivity contribution is -0.122. The first-order valence-corrected chi connectivity index (χ1v) is 15.6. The smallest absolute Gasteiger partial charge is 0.305 e. The number of hydrogen-bond acceptors (Lipinski definition) is 8. The first-order chi connectivity index (χ1) is 20.6. The highest BCUT2D eigenvalue weighted by Crippen LogP contribution is 2.54. The molecule has 3 amide bonds. The molecule has 0 radical (unpaired) electrons. The van der Waals surface area contributed by atoms with Gasteiger partial charge in [-0.3, -0.25) is 19.2 Å². The number of fused-ring (bicyclic) bond motifs is 2. The van der Waals surface area contributed by atoms with Crippen LogP contribution in [0.25, 0.3) is 0 Å². The Hall–Kier alpha value is -3.48. The fraction of sp³-hybridized carbons (Fsp3) is 0.172. The van der Waals surface area contributed by atoms with E-state index in [1.54, 1.807) is 54.6 Å².